The van der Waals surface area contributed by atoms with Crippen molar-refractivity contribution in [1.82, 2.24) is 9.88 Å². The highest BCUT2D eigenvalue weighted by atomic mass is 16.5. The zero-order valence-corrected chi connectivity index (χ0v) is 13.2. The maximum Gasteiger partial charge on any atom is 0.223 e. The van der Waals surface area contributed by atoms with E-state index < -0.39 is 0 Å². The lowest BCUT2D eigenvalue weighted by Gasteiger charge is -2.35. The lowest BCUT2D eigenvalue weighted by Crippen LogP contribution is -2.41. The second kappa shape index (κ2) is 6.75. The van der Waals surface area contributed by atoms with Crippen LogP contribution >= 0.6 is 0 Å². The molecule has 120 valence electrons. The number of primary amides is 1. The second-order valence-corrected chi connectivity index (χ2v) is 6.62. The third-order valence-corrected chi connectivity index (χ3v) is 4.94. The smallest absolute Gasteiger partial charge is 0.223 e. The zero-order chi connectivity index (χ0) is 15.5. The molecule has 1 aromatic heterocycles. The molecule has 2 saturated heterocycles. The van der Waals surface area contributed by atoms with E-state index in [1.807, 2.05) is 12.4 Å². The Kier molecular flexibility index (Phi) is 4.74. The van der Waals surface area contributed by atoms with E-state index in [4.69, 9.17) is 10.5 Å². The molecule has 2 N–H and O–H groups in total. The Morgan fingerprint density at radius 2 is 2.14 bits per heavy atom. The first-order chi connectivity index (χ1) is 10.6. The second-order valence-electron chi connectivity index (χ2n) is 6.62. The molecule has 0 radical (unpaired) electrons. The van der Waals surface area contributed by atoms with Crippen LogP contribution in [0, 0.1) is 18.8 Å². The van der Waals surface area contributed by atoms with Crippen LogP contribution in [0.25, 0.3) is 0 Å². The number of hydrogen-bond acceptors (Lipinski definition) is 4. The summed E-state index contributed by atoms with van der Waals surface area (Å²) in [6.07, 6.45) is 6.82. The molecular formula is C17H25N3O2. The summed E-state index contributed by atoms with van der Waals surface area (Å²) >= 11 is 0. The van der Waals surface area contributed by atoms with Gasteiger partial charge in [-0.3, -0.25) is 14.7 Å². The number of aromatic nitrogens is 1. The molecule has 0 aromatic carbocycles. The van der Waals surface area contributed by atoms with Gasteiger partial charge in [-0.1, -0.05) is 6.07 Å². The number of likely N-dealkylation sites (tertiary alicyclic amines) is 1. The Balaban J connectivity index is 1.53. The van der Waals surface area contributed by atoms with E-state index in [1.165, 1.54) is 11.1 Å². The molecule has 1 aromatic rings. The van der Waals surface area contributed by atoms with Gasteiger partial charge in [-0.05, 0) is 56.3 Å². The van der Waals surface area contributed by atoms with Crippen molar-refractivity contribution in [3.05, 3.63) is 29.6 Å². The fourth-order valence-corrected chi connectivity index (χ4v) is 3.78. The third-order valence-electron chi connectivity index (χ3n) is 4.94. The van der Waals surface area contributed by atoms with Crippen molar-refractivity contribution in [2.75, 3.05) is 19.7 Å². The largest absolute Gasteiger partial charge is 0.377 e. The van der Waals surface area contributed by atoms with Gasteiger partial charge in [-0.15, -0.1) is 0 Å². The van der Waals surface area contributed by atoms with Crippen LogP contribution in [0.4, 0.5) is 0 Å². The molecule has 0 saturated carbocycles. The van der Waals surface area contributed by atoms with E-state index >= 15 is 0 Å². The van der Waals surface area contributed by atoms with Crippen LogP contribution in [-0.2, 0) is 16.1 Å². The average molecular weight is 303 g/mol. The molecule has 3 rings (SSSR count). The first-order valence-electron chi connectivity index (χ1n) is 8.17. The number of amides is 1. The molecule has 0 unspecified atom stereocenters. The highest BCUT2D eigenvalue weighted by Crippen LogP contribution is 2.33. The van der Waals surface area contributed by atoms with Crippen molar-refractivity contribution in [2.24, 2.45) is 17.6 Å². The summed E-state index contributed by atoms with van der Waals surface area (Å²) in [6.45, 7) is 5.79. The molecule has 2 fully saturated rings. The van der Waals surface area contributed by atoms with E-state index in [0.717, 1.165) is 38.9 Å². The van der Waals surface area contributed by atoms with Gasteiger partial charge in [0.1, 0.15) is 0 Å². The van der Waals surface area contributed by atoms with Crippen LogP contribution in [0.3, 0.4) is 0 Å². The Hall–Kier alpha value is -1.46. The molecule has 3 heterocycles. The summed E-state index contributed by atoms with van der Waals surface area (Å²) in [5, 5.41) is 0. The van der Waals surface area contributed by atoms with Gasteiger partial charge in [0.25, 0.3) is 0 Å². The van der Waals surface area contributed by atoms with Gasteiger partial charge in [-0.25, -0.2) is 0 Å². The Bertz CT molecular complexity index is 526. The minimum absolute atomic E-state index is 0.0419. The minimum Gasteiger partial charge on any atom is -0.377 e. The normalized spacial score (nSPS) is 27.1. The van der Waals surface area contributed by atoms with Gasteiger partial charge in [0.2, 0.25) is 5.91 Å². The highest BCUT2D eigenvalue weighted by Gasteiger charge is 2.39. The summed E-state index contributed by atoms with van der Waals surface area (Å²) < 4.78 is 5.81. The van der Waals surface area contributed by atoms with Gasteiger partial charge in [0, 0.05) is 25.5 Å². The molecule has 0 bridgehead atoms. The highest BCUT2D eigenvalue weighted by molar-refractivity contribution is 5.77. The van der Waals surface area contributed by atoms with Crippen molar-refractivity contribution in [2.45, 2.75) is 38.8 Å². The number of carbonyl (C=O) groups excluding carboxylic acids is 1. The van der Waals surface area contributed by atoms with E-state index in [9.17, 15) is 4.79 Å². The number of nitrogens with two attached hydrogens (primary N) is 1. The maximum absolute atomic E-state index is 11.5. The predicted molar refractivity (Wildman–Crippen MR) is 84.0 cm³/mol. The van der Waals surface area contributed by atoms with Gasteiger partial charge in [-0.2, -0.15) is 0 Å². The minimum atomic E-state index is -0.198. The van der Waals surface area contributed by atoms with Crippen LogP contribution in [0.1, 0.15) is 30.4 Å². The molecular weight excluding hydrogens is 278 g/mol. The number of rotatable bonds is 4. The molecule has 2 atom stereocenters. The Morgan fingerprint density at radius 3 is 2.82 bits per heavy atom. The number of carbonyl (C=O) groups is 1. The van der Waals surface area contributed by atoms with Crippen molar-refractivity contribution < 1.29 is 9.53 Å². The summed E-state index contributed by atoms with van der Waals surface area (Å²) in [7, 11) is 0. The Labute approximate surface area is 131 Å². The van der Waals surface area contributed by atoms with Gasteiger partial charge >= 0.3 is 0 Å². The number of piperidine rings is 1. The number of nitrogens with zero attached hydrogens (tertiary/aromatic N) is 2. The number of pyridine rings is 1. The predicted octanol–water partition coefficient (Wildman–Crippen LogP) is 1.49. The third kappa shape index (κ3) is 3.47. The fourth-order valence-electron chi connectivity index (χ4n) is 3.78. The van der Waals surface area contributed by atoms with Crippen LogP contribution in [0.2, 0.25) is 0 Å². The SMILES string of the molecule is Cc1cncc(CN2CCC([C@H]3OCC[C@@H]3C(N)=O)CC2)c1. The van der Waals surface area contributed by atoms with Gasteiger partial charge in [0.15, 0.2) is 0 Å². The zero-order valence-electron chi connectivity index (χ0n) is 13.2. The fraction of sp³-hybridized carbons (Fsp3) is 0.647. The lowest BCUT2D eigenvalue weighted by atomic mass is 9.84. The molecule has 2 aliphatic rings. The van der Waals surface area contributed by atoms with Crippen molar-refractivity contribution in [3.8, 4) is 0 Å². The summed E-state index contributed by atoms with van der Waals surface area (Å²) in [5.74, 6) is 0.181. The van der Waals surface area contributed by atoms with Crippen molar-refractivity contribution >= 4 is 5.91 Å². The Morgan fingerprint density at radius 1 is 1.36 bits per heavy atom. The van der Waals surface area contributed by atoms with Crippen LogP contribution in [0.5, 0.6) is 0 Å². The van der Waals surface area contributed by atoms with E-state index in [0.29, 0.717) is 12.5 Å². The monoisotopic (exact) mass is 303 g/mol. The molecule has 5 heteroatoms. The first kappa shape index (κ1) is 15.4. The summed E-state index contributed by atoms with van der Waals surface area (Å²) in [5.41, 5.74) is 7.98. The van der Waals surface area contributed by atoms with Crippen LogP contribution < -0.4 is 5.73 Å². The maximum atomic E-state index is 11.5. The molecule has 22 heavy (non-hydrogen) atoms. The number of ether oxygens (including phenoxy) is 1. The van der Waals surface area contributed by atoms with Gasteiger partial charge < -0.3 is 10.5 Å². The van der Waals surface area contributed by atoms with E-state index in [2.05, 4.69) is 22.9 Å². The van der Waals surface area contributed by atoms with Crippen LogP contribution in [-0.4, -0.2) is 41.6 Å². The first-order valence-corrected chi connectivity index (χ1v) is 8.17. The summed E-state index contributed by atoms with van der Waals surface area (Å²) in [4.78, 5) is 18.2. The van der Waals surface area contributed by atoms with E-state index in [-0.39, 0.29) is 17.9 Å². The number of aryl methyl sites for hydroxylation is 1. The topological polar surface area (TPSA) is 68.5 Å². The molecule has 5 nitrogen and oxygen atoms in total. The quantitative estimate of drug-likeness (QED) is 0.915. The van der Waals surface area contributed by atoms with Gasteiger partial charge in [0.05, 0.1) is 12.0 Å². The lowest BCUT2D eigenvalue weighted by molar-refractivity contribution is -0.124. The molecule has 2 aliphatic heterocycles. The average Bonchev–Trinajstić information content (AvgIpc) is 2.98. The van der Waals surface area contributed by atoms with Crippen molar-refractivity contribution in [1.29, 1.82) is 0 Å². The van der Waals surface area contributed by atoms with E-state index in [1.54, 1.807) is 0 Å². The van der Waals surface area contributed by atoms with Crippen LogP contribution in [0.15, 0.2) is 18.5 Å². The molecule has 0 aliphatic carbocycles. The molecule has 1 amide bonds. The number of hydrogen-bond donors (Lipinski definition) is 1. The molecule has 0 spiro atoms. The standard InChI is InChI=1S/C17H25N3O2/c1-12-8-13(10-19-9-12)11-20-5-2-14(3-6-20)16-15(17(18)21)4-7-22-16/h8-10,14-16H,2-7,11H2,1H3,(H2,18,21)/t15-,16+/m0/s1. The summed E-state index contributed by atoms with van der Waals surface area (Å²) in [6, 6.07) is 2.20. The van der Waals surface area contributed by atoms with Crippen molar-refractivity contribution in [3.63, 3.8) is 0 Å².